The monoisotopic (exact) mass is 330 g/mol. The van der Waals surface area contributed by atoms with Crippen molar-refractivity contribution in [2.75, 3.05) is 19.6 Å². The molecule has 2 rings (SSSR count). The smallest absolute Gasteiger partial charge is 0.252 e. The van der Waals surface area contributed by atoms with Crippen molar-refractivity contribution in [3.63, 3.8) is 0 Å². The molecule has 0 aliphatic carbocycles. The highest BCUT2D eigenvalue weighted by molar-refractivity contribution is 7.91. The second-order valence-electron chi connectivity index (χ2n) is 6.07. The predicted octanol–water partition coefficient (Wildman–Crippen LogP) is 3.06. The van der Waals surface area contributed by atoms with E-state index in [-0.39, 0.29) is 0 Å². The maximum Gasteiger partial charge on any atom is 0.252 e. The van der Waals surface area contributed by atoms with E-state index < -0.39 is 10.0 Å². The summed E-state index contributed by atoms with van der Waals surface area (Å²) in [5.74, 6) is 0. The van der Waals surface area contributed by atoms with Crippen molar-refractivity contribution in [3.05, 3.63) is 17.0 Å². The van der Waals surface area contributed by atoms with Gasteiger partial charge < -0.3 is 5.32 Å². The Balaban J connectivity index is 2.07. The quantitative estimate of drug-likeness (QED) is 0.872. The molecule has 120 valence electrons. The standard InChI is InChI=1S/C15H26N2O2S2/c1-4-15(3)8-10-17(11-9-15)21(18,19)14-7-6-13(20-14)12-16-5-2/h6-7,16H,4-5,8-12H2,1-3H3. The normalized spacial score (nSPS) is 19.8. The van der Waals surface area contributed by atoms with Gasteiger partial charge in [0.25, 0.3) is 10.0 Å². The Morgan fingerprint density at radius 1 is 1.29 bits per heavy atom. The maximum absolute atomic E-state index is 12.7. The Hall–Kier alpha value is -0.430. The number of hydrogen-bond donors (Lipinski definition) is 1. The van der Waals surface area contributed by atoms with E-state index in [0.29, 0.717) is 22.7 Å². The van der Waals surface area contributed by atoms with Gasteiger partial charge in [-0.05, 0) is 36.9 Å². The largest absolute Gasteiger partial charge is 0.312 e. The van der Waals surface area contributed by atoms with E-state index in [2.05, 4.69) is 19.2 Å². The molecule has 4 nitrogen and oxygen atoms in total. The van der Waals surface area contributed by atoms with Gasteiger partial charge in [-0.1, -0.05) is 27.2 Å². The third-order valence-electron chi connectivity index (χ3n) is 4.56. The molecule has 0 aromatic carbocycles. The van der Waals surface area contributed by atoms with Crippen LogP contribution in [0, 0.1) is 5.41 Å². The van der Waals surface area contributed by atoms with Gasteiger partial charge in [0, 0.05) is 24.5 Å². The van der Waals surface area contributed by atoms with Gasteiger partial charge in [0.2, 0.25) is 0 Å². The predicted molar refractivity (Wildman–Crippen MR) is 88.1 cm³/mol. The second kappa shape index (κ2) is 6.77. The molecule has 0 radical (unpaired) electrons. The zero-order valence-electron chi connectivity index (χ0n) is 13.2. The van der Waals surface area contributed by atoms with Crippen LogP contribution in [0.25, 0.3) is 0 Å². The summed E-state index contributed by atoms with van der Waals surface area (Å²) < 4.78 is 27.5. The summed E-state index contributed by atoms with van der Waals surface area (Å²) in [6.45, 7) is 9.42. The van der Waals surface area contributed by atoms with Gasteiger partial charge in [0.15, 0.2) is 0 Å². The molecule has 0 bridgehead atoms. The molecular weight excluding hydrogens is 304 g/mol. The lowest BCUT2D eigenvalue weighted by Gasteiger charge is -2.37. The van der Waals surface area contributed by atoms with Crippen molar-refractivity contribution in [2.45, 2.75) is 50.8 Å². The average Bonchev–Trinajstić information content (AvgIpc) is 2.95. The highest BCUT2D eigenvalue weighted by atomic mass is 32.2. The number of sulfonamides is 1. The Morgan fingerprint density at radius 2 is 1.95 bits per heavy atom. The van der Waals surface area contributed by atoms with Crippen LogP contribution in [0.15, 0.2) is 16.3 Å². The van der Waals surface area contributed by atoms with Crippen molar-refractivity contribution < 1.29 is 8.42 Å². The number of thiophene rings is 1. The molecule has 0 spiro atoms. The highest BCUT2D eigenvalue weighted by Gasteiger charge is 2.34. The van der Waals surface area contributed by atoms with E-state index in [4.69, 9.17) is 0 Å². The van der Waals surface area contributed by atoms with Crippen LogP contribution in [0.1, 0.15) is 44.9 Å². The van der Waals surface area contributed by atoms with Gasteiger partial charge in [0.05, 0.1) is 0 Å². The minimum Gasteiger partial charge on any atom is -0.312 e. The molecule has 1 aromatic heterocycles. The summed E-state index contributed by atoms with van der Waals surface area (Å²) in [6, 6.07) is 3.67. The number of nitrogens with one attached hydrogen (secondary N) is 1. The summed E-state index contributed by atoms with van der Waals surface area (Å²) in [7, 11) is -3.30. The van der Waals surface area contributed by atoms with E-state index in [1.54, 1.807) is 10.4 Å². The SMILES string of the molecule is CCNCc1ccc(S(=O)(=O)N2CCC(C)(CC)CC2)s1. The van der Waals surface area contributed by atoms with E-state index in [0.717, 1.165) is 37.2 Å². The maximum atomic E-state index is 12.7. The molecule has 6 heteroatoms. The topological polar surface area (TPSA) is 49.4 Å². The van der Waals surface area contributed by atoms with E-state index in [9.17, 15) is 8.42 Å². The van der Waals surface area contributed by atoms with Gasteiger partial charge in [-0.2, -0.15) is 4.31 Å². The van der Waals surface area contributed by atoms with E-state index >= 15 is 0 Å². The molecule has 21 heavy (non-hydrogen) atoms. The fourth-order valence-electron chi connectivity index (χ4n) is 2.59. The molecule has 2 heterocycles. The Bertz CT molecular complexity index is 558. The Morgan fingerprint density at radius 3 is 2.52 bits per heavy atom. The lowest BCUT2D eigenvalue weighted by molar-refractivity contribution is 0.169. The van der Waals surface area contributed by atoms with Crippen molar-refractivity contribution in [1.82, 2.24) is 9.62 Å². The summed E-state index contributed by atoms with van der Waals surface area (Å²) in [5.41, 5.74) is 0.303. The van der Waals surface area contributed by atoms with Crippen LogP contribution in [0.3, 0.4) is 0 Å². The number of piperidine rings is 1. The van der Waals surface area contributed by atoms with Gasteiger partial charge in [-0.25, -0.2) is 8.42 Å². The molecule has 0 amide bonds. The highest BCUT2D eigenvalue weighted by Crippen LogP contribution is 2.36. The fourth-order valence-corrected chi connectivity index (χ4v) is 5.51. The summed E-state index contributed by atoms with van der Waals surface area (Å²) in [5, 5.41) is 3.23. The molecule has 1 aliphatic rings. The van der Waals surface area contributed by atoms with Crippen LogP contribution in [0.4, 0.5) is 0 Å². The Kier molecular flexibility index (Phi) is 5.46. The molecule has 1 fully saturated rings. The van der Waals surface area contributed by atoms with Gasteiger partial charge in [-0.3, -0.25) is 0 Å². The molecule has 1 aromatic rings. The first-order chi connectivity index (χ1) is 9.91. The molecule has 0 unspecified atom stereocenters. The zero-order valence-corrected chi connectivity index (χ0v) is 14.8. The van der Waals surface area contributed by atoms with Crippen LogP contribution < -0.4 is 5.32 Å². The summed E-state index contributed by atoms with van der Waals surface area (Å²) >= 11 is 1.39. The molecular formula is C15H26N2O2S2. The summed E-state index contributed by atoms with van der Waals surface area (Å²) in [6.07, 6.45) is 3.03. The van der Waals surface area contributed by atoms with Crippen LogP contribution in [0.2, 0.25) is 0 Å². The number of nitrogens with zero attached hydrogens (tertiary/aromatic N) is 1. The van der Waals surface area contributed by atoms with Crippen molar-refractivity contribution in [2.24, 2.45) is 5.41 Å². The van der Waals surface area contributed by atoms with Crippen molar-refractivity contribution >= 4 is 21.4 Å². The van der Waals surface area contributed by atoms with Crippen molar-refractivity contribution in [3.8, 4) is 0 Å². The second-order valence-corrected chi connectivity index (χ2v) is 9.40. The lowest BCUT2D eigenvalue weighted by Crippen LogP contribution is -2.41. The average molecular weight is 331 g/mol. The number of rotatable bonds is 6. The molecule has 0 atom stereocenters. The molecule has 1 saturated heterocycles. The fraction of sp³-hybridized carbons (Fsp3) is 0.733. The van der Waals surface area contributed by atoms with Crippen LogP contribution in [0.5, 0.6) is 0 Å². The molecule has 1 N–H and O–H groups in total. The first-order valence-electron chi connectivity index (χ1n) is 7.71. The third-order valence-corrected chi connectivity index (χ3v) is 8.01. The van der Waals surface area contributed by atoms with Crippen molar-refractivity contribution in [1.29, 1.82) is 0 Å². The van der Waals surface area contributed by atoms with Gasteiger partial charge >= 0.3 is 0 Å². The van der Waals surface area contributed by atoms with E-state index in [1.807, 2.05) is 13.0 Å². The van der Waals surface area contributed by atoms with Gasteiger partial charge in [-0.15, -0.1) is 11.3 Å². The third kappa shape index (κ3) is 3.86. The minimum atomic E-state index is -3.30. The molecule has 1 aliphatic heterocycles. The lowest BCUT2D eigenvalue weighted by atomic mass is 9.79. The van der Waals surface area contributed by atoms with E-state index in [1.165, 1.54) is 11.3 Å². The molecule has 0 saturated carbocycles. The van der Waals surface area contributed by atoms with Gasteiger partial charge in [0.1, 0.15) is 4.21 Å². The first-order valence-corrected chi connectivity index (χ1v) is 9.96. The van der Waals surface area contributed by atoms with Crippen LogP contribution in [-0.4, -0.2) is 32.4 Å². The summed E-state index contributed by atoms with van der Waals surface area (Å²) in [4.78, 5) is 1.07. The van der Waals surface area contributed by atoms with Crippen LogP contribution >= 0.6 is 11.3 Å². The number of hydrogen-bond acceptors (Lipinski definition) is 4. The van der Waals surface area contributed by atoms with Crippen LogP contribution in [-0.2, 0) is 16.6 Å². The first kappa shape index (κ1) is 16.9. The Labute approximate surface area is 132 Å². The zero-order chi connectivity index (χ0) is 15.5. The minimum absolute atomic E-state index is 0.303.